The number of nitrogens with one attached hydrogen (secondary N) is 1. The molecule has 2 heteroatoms. The average molecular weight is 292 g/mol. The van der Waals surface area contributed by atoms with Crippen molar-refractivity contribution in [3.8, 4) is 0 Å². The fourth-order valence-electron chi connectivity index (χ4n) is 2.87. The van der Waals surface area contributed by atoms with Gasteiger partial charge in [-0.25, -0.2) is 0 Å². The summed E-state index contributed by atoms with van der Waals surface area (Å²) in [6.45, 7) is 8.18. The second-order valence-electron chi connectivity index (χ2n) is 7.19. The fourth-order valence-corrected chi connectivity index (χ4v) is 4.07. The van der Waals surface area contributed by atoms with E-state index in [4.69, 9.17) is 0 Å². The van der Waals surface area contributed by atoms with Crippen LogP contribution in [0.5, 0.6) is 0 Å². The van der Waals surface area contributed by atoms with E-state index in [1.54, 1.807) is 0 Å². The van der Waals surface area contributed by atoms with Crippen LogP contribution in [0.3, 0.4) is 0 Å². The third-order valence-electron chi connectivity index (χ3n) is 4.01. The maximum atomic E-state index is 3.85. The molecular formula is C18H29NS. The van der Waals surface area contributed by atoms with Crippen LogP contribution >= 0.6 is 11.8 Å². The van der Waals surface area contributed by atoms with Gasteiger partial charge in [0.05, 0.1) is 0 Å². The lowest BCUT2D eigenvalue weighted by Gasteiger charge is -2.30. The van der Waals surface area contributed by atoms with Gasteiger partial charge in [-0.05, 0) is 54.2 Å². The highest BCUT2D eigenvalue weighted by Crippen LogP contribution is 2.30. The molecule has 112 valence electrons. The van der Waals surface area contributed by atoms with Crippen molar-refractivity contribution in [1.29, 1.82) is 0 Å². The minimum absolute atomic E-state index is 0.357. The summed E-state index contributed by atoms with van der Waals surface area (Å²) in [5.74, 6) is 3.57. The molecule has 0 spiro atoms. The van der Waals surface area contributed by atoms with Crippen LogP contribution in [0.1, 0.15) is 51.6 Å². The van der Waals surface area contributed by atoms with E-state index in [0.717, 1.165) is 5.92 Å². The first-order valence-corrected chi connectivity index (χ1v) is 9.06. The third kappa shape index (κ3) is 5.49. The maximum absolute atomic E-state index is 3.85. The number of hydrogen-bond acceptors (Lipinski definition) is 2. The Labute approximate surface area is 128 Å². The van der Waals surface area contributed by atoms with Gasteiger partial charge in [0.1, 0.15) is 0 Å². The van der Waals surface area contributed by atoms with Crippen molar-refractivity contribution in [2.24, 2.45) is 11.3 Å². The van der Waals surface area contributed by atoms with Crippen LogP contribution in [0.25, 0.3) is 0 Å². The minimum atomic E-state index is 0.357. The summed E-state index contributed by atoms with van der Waals surface area (Å²) in [5, 5.41) is 3.85. The number of thioether (sulfide) groups is 1. The molecule has 0 aliphatic carbocycles. The van der Waals surface area contributed by atoms with Crippen molar-refractivity contribution >= 4 is 11.8 Å². The van der Waals surface area contributed by atoms with E-state index in [-0.39, 0.29) is 0 Å². The second-order valence-corrected chi connectivity index (χ2v) is 8.42. The lowest BCUT2D eigenvalue weighted by atomic mass is 9.85. The standard InChI is InChI=1S/C18H29NS/c1-18(2,3)13-17(16-7-5-4-6-8-16)19-14-15-9-11-20-12-10-15/h4-8,15,17,19H,9-14H2,1-3H3. The molecule has 1 aromatic rings. The SMILES string of the molecule is CC(C)(C)CC(NCC1CCSCC1)c1ccccc1. The Balaban J connectivity index is 1.95. The summed E-state index contributed by atoms with van der Waals surface area (Å²) in [5.41, 5.74) is 1.79. The predicted octanol–water partition coefficient (Wildman–Crippen LogP) is 4.90. The van der Waals surface area contributed by atoms with E-state index in [1.807, 2.05) is 0 Å². The number of hydrogen-bond donors (Lipinski definition) is 1. The van der Waals surface area contributed by atoms with Crippen molar-refractivity contribution in [1.82, 2.24) is 5.32 Å². The van der Waals surface area contributed by atoms with Crippen LogP contribution in [-0.4, -0.2) is 18.1 Å². The molecular weight excluding hydrogens is 262 g/mol. The Kier molecular flexibility index (Phi) is 5.98. The van der Waals surface area contributed by atoms with Crippen LogP contribution in [0, 0.1) is 11.3 Å². The first-order chi connectivity index (χ1) is 9.54. The zero-order valence-corrected chi connectivity index (χ0v) is 14.0. The topological polar surface area (TPSA) is 12.0 Å². The van der Waals surface area contributed by atoms with Crippen LogP contribution in [0.15, 0.2) is 30.3 Å². The largest absolute Gasteiger partial charge is 0.310 e. The van der Waals surface area contributed by atoms with Gasteiger partial charge in [-0.15, -0.1) is 0 Å². The fraction of sp³-hybridized carbons (Fsp3) is 0.667. The van der Waals surface area contributed by atoms with Crippen molar-refractivity contribution in [3.63, 3.8) is 0 Å². The molecule has 0 saturated carbocycles. The minimum Gasteiger partial charge on any atom is -0.310 e. The van der Waals surface area contributed by atoms with Gasteiger partial charge < -0.3 is 5.32 Å². The van der Waals surface area contributed by atoms with Gasteiger partial charge in [0.25, 0.3) is 0 Å². The molecule has 1 heterocycles. The van der Waals surface area contributed by atoms with Gasteiger partial charge in [0.15, 0.2) is 0 Å². The molecule has 1 aliphatic heterocycles. The Hall–Kier alpha value is -0.470. The Bertz CT molecular complexity index is 376. The first-order valence-electron chi connectivity index (χ1n) is 7.91. The van der Waals surface area contributed by atoms with Crippen molar-refractivity contribution in [2.45, 2.75) is 46.1 Å². The summed E-state index contributed by atoms with van der Waals surface area (Å²) in [4.78, 5) is 0. The van der Waals surface area contributed by atoms with Crippen LogP contribution < -0.4 is 5.32 Å². The molecule has 1 nitrogen and oxygen atoms in total. The maximum Gasteiger partial charge on any atom is 0.0325 e. The van der Waals surface area contributed by atoms with Crippen molar-refractivity contribution in [2.75, 3.05) is 18.1 Å². The number of rotatable bonds is 5. The molecule has 1 saturated heterocycles. The molecule has 0 bridgehead atoms. The quantitative estimate of drug-likeness (QED) is 0.828. The van der Waals surface area contributed by atoms with Gasteiger partial charge in [-0.1, -0.05) is 51.1 Å². The van der Waals surface area contributed by atoms with Gasteiger partial charge >= 0.3 is 0 Å². The second kappa shape index (κ2) is 7.51. The lowest BCUT2D eigenvalue weighted by Crippen LogP contribution is -2.31. The molecule has 1 aromatic carbocycles. The molecule has 1 N–H and O–H groups in total. The zero-order valence-electron chi connectivity index (χ0n) is 13.2. The highest BCUT2D eigenvalue weighted by atomic mass is 32.2. The highest BCUT2D eigenvalue weighted by molar-refractivity contribution is 7.99. The zero-order chi connectivity index (χ0) is 14.4. The molecule has 2 rings (SSSR count). The Morgan fingerprint density at radius 2 is 1.80 bits per heavy atom. The van der Waals surface area contributed by atoms with E-state index in [9.17, 15) is 0 Å². The van der Waals surface area contributed by atoms with E-state index < -0.39 is 0 Å². The van der Waals surface area contributed by atoms with E-state index in [2.05, 4.69) is 68.2 Å². The van der Waals surface area contributed by atoms with Gasteiger partial charge in [-0.3, -0.25) is 0 Å². The summed E-state index contributed by atoms with van der Waals surface area (Å²) in [6.07, 6.45) is 3.96. The number of benzene rings is 1. The summed E-state index contributed by atoms with van der Waals surface area (Å²) >= 11 is 2.11. The molecule has 0 amide bonds. The van der Waals surface area contributed by atoms with E-state index in [0.29, 0.717) is 11.5 Å². The van der Waals surface area contributed by atoms with Crippen molar-refractivity contribution in [3.05, 3.63) is 35.9 Å². The van der Waals surface area contributed by atoms with Gasteiger partial charge in [0, 0.05) is 6.04 Å². The smallest absolute Gasteiger partial charge is 0.0325 e. The normalized spacial score (nSPS) is 18.9. The molecule has 1 unspecified atom stereocenters. The molecule has 20 heavy (non-hydrogen) atoms. The Morgan fingerprint density at radius 3 is 2.40 bits per heavy atom. The monoisotopic (exact) mass is 291 g/mol. The van der Waals surface area contributed by atoms with Gasteiger partial charge in [-0.2, -0.15) is 11.8 Å². The molecule has 1 atom stereocenters. The summed E-state index contributed by atoms with van der Waals surface area (Å²) in [7, 11) is 0. The molecule has 1 aliphatic rings. The third-order valence-corrected chi connectivity index (χ3v) is 5.06. The predicted molar refractivity (Wildman–Crippen MR) is 91.3 cm³/mol. The highest BCUT2D eigenvalue weighted by Gasteiger charge is 2.21. The average Bonchev–Trinajstić information content (AvgIpc) is 2.44. The summed E-state index contributed by atoms with van der Waals surface area (Å²) in [6, 6.07) is 11.4. The van der Waals surface area contributed by atoms with E-state index >= 15 is 0 Å². The lowest BCUT2D eigenvalue weighted by molar-refractivity contribution is 0.296. The van der Waals surface area contributed by atoms with Crippen LogP contribution in [0.4, 0.5) is 0 Å². The van der Waals surface area contributed by atoms with Gasteiger partial charge in [0.2, 0.25) is 0 Å². The molecule has 0 aromatic heterocycles. The van der Waals surface area contributed by atoms with Crippen LogP contribution in [-0.2, 0) is 0 Å². The van der Waals surface area contributed by atoms with E-state index in [1.165, 1.54) is 42.9 Å². The van der Waals surface area contributed by atoms with Crippen LogP contribution in [0.2, 0.25) is 0 Å². The molecule has 0 radical (unpaired) electrons. The molecule has 1 fully saturated rings. The summed E-state index contributed by atoms with van der Waals surface area (Å²) < 4.78 is 0. The Morgan fingerprint density at radius 1 is 1.15 bits per heavy atom. The first kappa shape index (κ1) is 15.9. The van der Waals surface area contributed by atoms with Crippen molar-refractivity contribution < 1.29 is 0 Å².